The molecule has 9 heteroatoms. The lowest BCUT2D eigenvalue weighted by Crippen LogP contribution is -2.22. The van der Waals surface area contributed by atoms with Crippen LogP contribution in [-0.4, -0.2) is 25.1 Å². The van der Waals surface area contributed by atoms with E-state index in [9.17, 15) is 4.39 Å². The van der Waals surface area contributed by atoms with Gasteiger partial charge >= 0.3 is 0 Å². The van der Waals surface area contributed by atoms with Crippen molar-refractivity contribution in [2.75, 3.05) is 0 Å². The molecule has 0 radical (unpaired) electrons. The average molecular weight is 398 g/mol. The van der Waals surface area contributed by atoms with Gasteiger partial charge in [-0.05, 0) is 29.8 Å². The molecule has 3 heterocycles. The Hall–Kier alpha value is -3.10. The maximum atomic E-state index is 13.9. The molecule has 4 aromatic rings. The number of halogens is 2. The maximum Gasteiger partial charge on any atom is 0.280 e. The molecule has 1 atom stereocenters. The maximum absolute atomic E-state index is 13.9. The van der Waals surface area contributed by atoms with Gasteiger partial charge in [-0.15, -0.1) is 5.10 Å². The van der Waals surface area contributed by atoms with E-state index in [0.29, 0.717) is 17.3 Å². The van der Waals surface area contributed by atoms with E-state index in [1.807, 2.05) is 24.3 Å². The summed E-state index contributed by atoms with van der Waals surface area (Å²) < 4.78 is 27.0. The molecule has 0 fully saturated rings. The standard InChI is InChI=1S/C19H13ClFN5O2/c20-12-7-5-11(6-8-12)16-9-26-15(10-27-16)17(23-25-26)19-22-18(24-28-19)13-3-1-2-4-14(13)21/h1-8,16H,9-10H2/t16-/m0/s1. The fraction of sp³-hybridized carbons (Fsp3) is 0.158. The Morgan fingerprint density at radius 1 is 1.11 bits per heavy atom. The van der Waals surface area contributed by atoms with Crippen molar-refractivity contribution in [3.63, 3.8) is 0 Å². The predicted molar refractivity (Wildman–Crippen MR) is 97.7 cm³/mol. The van der Waals surface area contributed by atoms with Crippen molar-refractivity contribution >= 4 is 11.6 Å². The van der Waals surface area contributed by atoms with E-state index in [0.717, 1.165) is 11.3 Å². The van der Waals surface area contributed by atoms with Gasteiger partial charge in [0.1, 0.15) is 11.9 Å². The second-order valence-electron chi connectivity index (χ2n) is 6.32. The van der Waals surface area contributed by atoms with Crippen LogP contribution in [0.25, 0.3) is 23.0 Å². The molecule has 5 rings (SSSR count). The first kappa shape index (κ1) is 17.0. The van der Waals surface area contributed by atoms with Gasteiger partial charge in [-0.2, -0.15) is 4.98 Å². The van der Waals surface area contributed by atoms with E-state index < -0.39 is 5.82 Å². The molecule has 0 N–H and O–H groups in total. The Morgan fingerprint density at radius 3 is 2.75 bits per heavy atom. The highest BCUT2D eigenvalue weighted by Crippen LogP contribution is 2.31. The quantitative estimate of drug-likeness (QED) is 0.518. The Labute approximate surface area is 163 Å². The van der Waals surface area contributed by atoms with Crippen LogP contribution in [0.5, 0.6) is 0 Å². The van der Waals surface area contributed by atoms with Crippen molar-refractivity contribution in [1.82, 2.24) is 25.1 Å². The molecule has 1 aliphatic rings. The summed E-state index contributed by atoms with van der Waals surface area (Å²) >= 11 is 5.94. The highest BCUT2D eigenvalue weighted by Gasteiger charge is 2.28. The fourth-order valence-corrected chi connectivity index (χ4v) is 3.25. The van der Waals surface area contributed by atoms with Gasteiger partial charge < -0.3 is 9.26 Å². The van der Waals surface area contributed by atoms with Crippen molar-refractivity contribution in [3.8, 4) is 23.0 Å². The molecule has 0 saturated carbocycles. The second-order valence-corrected chi connectivity index (χ2v) is 6.76. The van der Waals surface area contributed by atoms with Crippen LogP contribution in [-0.2, 0) is 17.9 Å². The number of ether oxygens (including phenoxy) is 1. The zero-order valence-corrected chi connectivity index (χ0v) is 15.2. The molecule has 140 valence electrons. The van der Waals surface area contributed by atoms with E-state index in [4.69, 9.17) is 20.9 Å². The molecule has 0 bridgehead atoms. The van der Waals surface area contributed by atoms with Crippen LogP contribution in [0, 0.1) is 5.82 Å². The third kappa shape index (κ3) is 2.96. The Morgan fingerprint density at radius 2 is 1.93 bits per heavy atom. The molecule has 2 aromatic carbocycles. The Kier molecular flexibility index (Phi) is 4.14. The summed E-state index contributed by atoms with van der Waals surface area (Å²) in [6.45, 7) is 0.783. The minimum Gasteiger partial charge on any atom is -0.365 e. The van der Waals surface area contributed by atoms with Crippen LogP contribution in [0.3, 0.4) is 0 Å². The summed E-state index contributed by atoms with van der Waals surface area (Å²) in [6, 6.07) is 13.7. The van der Waals surface area contributed by atoms with Crippen molar-refractivity contribution in [3.05, 3.63) is 70.6 Å². The zero-order valence-electron chi connectivity index (χ0n) is 14.4. The van der Waals surface area contributed by atoms with Gasteiger partial charge in [0.05, 0.1) is 24.4 Å². The van der Waals surface area contributed by atoms with Gasteiger partial charge in [0.25, 0.3) is 5.89 Å². The van der Waals surface area contributed by atoms with E-state index in [1.54, 1.807) is 22.9 Å². The summed E-state index contributed by atoms with van der Waals surface area (Å²) in [6.07, 6.45) is -0.157. The minimum atomic E-state index is -0.422. The molecule has 28 heavy (non-hydrogen) atoms. The topological polar surface area (TPSA) is 78.9 Å². The number of nitrogens with zero attached hydrogens (tertiary/aromatic N) is 5. The Balaban J connectivity index is 1.43. The van der Waals surface area contributed by atoms with E-state index in [2.05, 4.69) is 20.5 Å². The number of benzene rings is 2. The lowest BCUT2D eigenvalue weighted by Gasteiger charge is -2.24. The summed E-state index contributed by atoms with van der Waals surface area (Å²) in [5, 5.41) is 12.9. The van der Waals surface area contributed by atoms with Gasteiger partial charge in [-0.25, -0.2) is 9.07 Å². The number of hydrogen-bond donors (Lipinski definition) is 0. The SMILES string of the molecule is Fc1ccccc1-c1noc(-c2nnn3c2CO[C@H](c2ccc(Cl)cc2)C3)n1. The molecule has 0 unspecified atom stereocenters. The van der Waals surface area contributed by atoms with Crippen LogP contribution in [0.4, 0.5) is 4.39 Å². The molecule has 0 amide bonds. The average Bonchev–Trinajstić information content (AvgIpc) is 3.35. The normalized spacial score (nSPS) is 16.1. The summed E-state index contributed by atoms with van der Waals surface area (Å²) in [5.41, 5.74) is 2.43. The van der Waals surface area contributed by atoms with Gasteiger partial charge in [-0.3, -0.25) is 0 Å². The third-order valence-corrected chi connectivity index (χ3v) is 4.83. The highest BCUT2D eigenvalue weighted by atomic mass is 35.5. The molecule has 1 aliphatic heterocycles. The molecular weight excluding hydrogens is 385 g/mol. The molecule has 2 aromatic heterocycles. The van der Waals surface area contributed by atoms with E-state index in [-0.39, 0.29) is 30.0 Å². The first-order valence-corrected chi connectivity index (χ1v) is 8.95. The molecule has 0 spiro atoms. The van der Waals surface area contributed by atoms with Crippen molar-refractivity contribution in [2.24, 2.45) is 0 Å². The highest BCUT2D eigenvalue weighted by molar-refractivity contribution is 6.30. The largest absolute Gasteiger partial charge is 0.365 e. The third-order valence-electron chi connectivity index (χ3n) is 4.58. The van der Waals surface area contributed by atoms with Gasteiger partial charge in [0.2, 0.25) is 5.82 Å². The number of aromatic nitrogens is 5. The van der Waals surface area contributed by atoms with Crippen molar-refractivity contribution in [1.29, 1.82) is 0 Å². The zero-order chi connectivity index (χ0) is 19.1. The van der Waals surface area contributed by atoms with E-state index >= 15 is 0 Å². The number of rotatable bonds is 3. The molecular formula is C19H13ClFN5O2. The molecule has 0 saturated heterocycles. The van der Waals surface area contributed by atoms with Gasteiger partial charge in [-0.1, -0.05) is 46.2 Å². The lowest BCUT2D eigenvalue weighted by molar-refractivity contribution is -0.00117. The lowest BCUT2D eigenvalue weighted by atomic mass is 10.1. The van der Waals surface area contributed by atoms with Gasteiger partial charge in [0, 0.05) is 5.02 Å². The van der Waals surface area contributed by atoms with Gasteiger partial charge in [0.15, 0.2) is 5.69 Å². The predicted octanol–water partition coefficient (Wildman–Crippen LogP) is 4.06. The first-order valence-electron chi connectivity index (χ1n) is 8.57. The van der Waals surface area contributed by atoms with Crippen LogP contribution < -0.4 is 0 Å². The van der Waals surface area contributed by atoms with Crippen LogP contribution in [0.2, 0.25) is 5.02 Å². The van der Waals surface area contributed by atoms with Crippen LogP contribution >= 0.6 is 11.6 Å². The Bertz CT molecular complexity index is 1140. The number of hydrogen-bond acceptors (Lipinski definition) is 6. The fourth-order valence-electron chi connectivity index (χ4n) is 3.13. The van der Waals surface area contributed by atoms with Crippen molar-refractivity contribution < 1.29 is 13.7 Å². The van der Waals surface area contributed by atoms with Crippen LogP contribution in [0.15, 0.2) is 53.1 Å². The summed E-state index contributed by atoms with van der Waals surface area (Å²) in [4.78, 5) is 4.27. The summed E-state index contributed by atoms with van der Waals surface area (Å²) in [7, 11) is 0. The second kappa shape index (κ2) is 6.81. The van der Waals surface area contributed by atoms with E-state index in [1.165, 1.54) is 6.07 Å². The first-order chi connectivity index (χ1) is 13.7. The summed E-state index contributed by atoms with van der Waals surface area (Å²) in [5.74, 6) is -0.0901. The van der Waals surface area contributed by atoms with Crippen LogP contribution in [0.1, 0.15) is 17.4 Å². The molecule has 7 nitrogen and oxygen atoms in total. The smallest absolute Gasteiger partial charge is 0.280 e. The van der Waals surface area contributed by atoms with Crippen molar-refractivity contribution in [2.45, 2.75) is 19.3 Å². The monoisotopic (exact) mass is 397 g/mol. The molecule has 0 aliphatic carbocycles. The minimum absolute atomic E-state index is 0.157. The number of fused-ring (bicyclic) bond motifs is 1.